The highest BCUT2D eigenvalue weighted by Crippen LogP contribution is 2.25. The van der Waals surface area contributed by atoms with Crippen molar-refractivity contribution < 1.29 is 9.47 Å². The topological polar surface area (TPSA) is 56.3 Å². The number of methoxy groups -OCH3 is 2. The zero-order valence-corrected chi connectivity index (χ0v) is 11.6. The lowest BCUT2D eigenvalue weighted by Gasteiger charge is -2.16. The number of fused-ring (bicyclic) bond motifs is 1. The van der Waals surface area contributed by atoms with Crippen molar-refractivity contribution in [2.24, 2.45) is 0 Å². The average Bonchev–Trinajstić information content (AvgIpc) is 2.45. The van der Waals surface area contributed by atoms with E-state index in [1.54, 1.807) is 14.2 Å². The second kappa shape index (κ2) is 6.65. The molecule has 19 heavy (non-hydrogen) atoms. The molecule has 0 bridgehead atoms. The van der Waals surface area contributed by atoms with Crippen LogP contribution in [-0.4, -0.2) is 43.7 Å². The highest BCUT2D eigenvalue weighted by atomic mass is 35.5. The zero-order valence-electron chi connectivity index (χ0n) is 10.9. The summed E-state index contributed by atoms with van der Waals surface area (Å²) >= 11 is 6.02. The molecule has 1 heterocycles. The Morgan fingerprint density at radius 3 is 2.63 bits per heavy atom. The summed E-state index contributed by atoms with van der Waals surface area (Å²) in [7, 11) is 3.29. The summed E-state index contributed by atoms with van der Waals surface area (Å²) in [6.07, 6.45) is -0.0405. The van der Waals surface area contributed by atoms with Gasteiger partial charge in [0.15, 0.2) is 11.0 Å². The van der Waals surface area contributed by atoms with Gasteiger partial charge in [0.2, 0.25) is 0 Å². The van der Waals surface area contributed by atoms with Gasteiger partial charge in [-0.1, -0.05) is 35.9 Å². The van der Waals surface area contributed by atoms with Gasteiger partial charge in [0.25, 0.3) is 0 Å². The molecule has 102 valence electrons. The molecule has 0 radical (unpaired) electrons. The van der Waals surface area contributed by atoms with Crippen molar-refractivity contribution in [3.05, 3.63) is 29.4 Å². The molecular weight excluding hydrogens is 266 g/mol. The molecule has 1 aromatic carbocycles. The number of halogens is 1. The molecule has 0 saturated carbocycles. The minimum absolute atomic E-state index is 0.0405. The quantitative estimate of drug-likeness (QED) is 0.881. The fraction of sp³-hybridized carbons (Fsp3) is 0.385. The Bertz CT molecular complexity index is 550. The summed E-state index contributed by atoms with van der Waals surface area (Å²) in [5, 5.41) is 13.5. The van der Waals surface area contributed by atoms with Crippen LogP contribution in [0.5, 0.6) is 0 Å². The van der Waals surface area contributed by atoms with Crippen molar-refractivity contribution in [3.63, 3.8) is 0 Å². The third-order valence-corrected chi connectivity index (χ3v) is 3.10. The van der Waals surface area contributed by atoms with E-state index in [1.165, 1.54) is 0 Å². The summed E-state index contributed by atoms with van der Waals surface area (Å²) in [6, 6.07) is 7.73. The zero-order chi connectivity index (χ0) is 13.7. The maximum atomic E-state index is 6.02. The summed E-state index contributed by atoms with van der Waals surface area (Å²) < 4.78 is 10.4. The lowest BCUT2D eigenvalue weighted by molar-refractivity contribution is 0.0365. The van der Waals surface area contributed by atoms with E-state index in [1.807, 2.05) is 24.3 Å². The van der Waals surface area contributed by atoms with Crippen LogP contribution in [0.15, 0.2) is 24.3 Å². The smallest absolute Gasteiger partial charge is 0.159 e. The molecule has 0 saturated heterocycles. The van der Waals surface area contributed by atoms with Crippen LogP contribution in [0.25, 0.3) is 10.8 Å². The Morgan fingerprint density at radius 2 is 1.95 bits per heavy atom. The Morgan fingerprint density at radius 1 is 1.21 bits per heavy atom. The number of nitrogens with zero attached hydrogens (tertiary/aromatic N) is 2. The van der Waals surface area contributed by atoms with Crippen LogP contribution < -0.4 is 5.32 Å². The van der Waals surface area contributed by atoms with Crippen molar-refractivity contribution in [1.29, 1.82) is 0 Å². The minimum atomic E-state index is -0.0405. The van der Waals surface area contributed by atoms with Gasteiger partial charge in [0, 0.05) is 31.5 Å². The van der Waals surface area contributed by atoms with Crippen molar-refractivity contribution in [1.82, 2.24) is 10.2 Å². The fourth-order valence-corrected chi connectivity index (χ4v) is 2.01. The largest absolute Gasteiger partial charge is 0.382 e. The highest BCUT2D eigenvalue weighted by Gasteiger charge is 2.10. The molecular formula is C13H16ClN3O2. The van der Waals surface area contributed by atoms with E-state index in [9.17, 15) is 0 Å². The Labute approximate surface area is 116 Å². The second-order valence-electron chi connectivity index (χ2n) is 4.08. The number of benzene rings is 1. The van der Waals surface area contributed by atoms with Gasteiger partial charge in [-0.3, -0.25) is 0 Å². The second-order valence-corrected chi connectivity index (χ2v) is 4.44. The van der Waals surface area contributed by atoms with Gasteiger partial charge < -0.3 is 14.8 Å². The number of hydrogen-bond acceptors (Lipinski definition) is 5. The average molecular weight is 282 g/mol. The summed E-state index contributed by atoms with van der Waals surface area (Å²) in [5.74, 6) is 0.693. The fourth-order valence-electron chi connectivity index (χ4n) is 1.81. The highest BCUT2D eigenvalue weighted by molar-refractivity contribution is 6.34. The van der Waals surface area contributed by atoms with Gasteiger partial charge in [-0.15, -0.1) is 10.2 Å². The molecule has 0 fully saturated rings. The van der Waals surface area contributed by atoms with Crippen LogP contribution in [0.2, 0.25) is 5.15 Å². The van der Waals surface area contributed by atoms with E-state index < -0.39 is 0 Å². The molecule has 2 rings (SSSR count). The maximum Gasteiger partial charge on any atom is 0.159 e. The molecule has 1 aromatic heterocycles. The number of aromatic nitrogens is 2. The standard InChI is InChI=1S/C13H16ClN3O2/c1-18-8-9(19-2)7-15-13-11-6-4-3-5-10(11)12(14)16-17-13/h3-6,9H,7-8H2,1-2H3,(H,15,17). The summed E-state index contributed by atoms with van der Waals surface area (Å²) in [6.45, 7) is 1.10. The van der Waals surface area contributed by atoms with Crippen LogP contribution in [-0.2, 0) is 9.47 Å². The molecule has 2 aromatic rings. The SMILES string of the molecule is COCC(CNc1nnc(Cl)c2ccccc12)OC. The first kappa shape index (κ1) is 14.0. The monoisotopic (exact) mass is 281 g/mol. The summed E-state index contributed by atoms with van der Waals surface area (Å²) in [5.41, 5.74) is 0. The van der Waals surface area contributed by atoms with Crippen molar-refractivity contribution >= 4 is 28.2 Å². The molecule has 0 amide bonds. The molecule has 0 aliphatic carbocycles. The van der Waals surface area contributed by atoms with Crippen LogP contribution in [0.3, 0.4) is 0 Å². The summed E-state index contributed by atoms with van der Waals surface area (Å²) in [4.78, 5) is 0. The first-order valence-electron chi connectivity index (χ1n) is 5.92. The van der Waals surface area contributed by atoms with Crippen molar-refractivity contribution in [3.8, 4) is 0 Å². The molecule has 0 spiro atoms. The van der Waals surface area contributed by atoms with Gasteiger partial charge in [0.05, 0.1) is 12.7 Å². The van der Waals surface area contributed by atoms with Crippen LogP contribution in [0.4, 0.5) is 5.82 Å². The minimum Gasteiger partial charge on any atom is -0.382 e. The normalized spacial score (nSPS) is 12.6. The van der Waals surface area contributed by atoms with E-state index in [0.29, 0.717) is 24.1 Å². The Kier molecular flexibility index (Phi) is 4.90. The molecule has 6 heteroatoms. The predicted octanol–water partition coefficient (Wildman–Crippen LogP) is 2.36. The Balaban J connectivity index is 2.19. The molecule has 1 atom stereocenters. The van der Waals surface area contributed by atoms with E-state index in [2.05, 4.69) is 15.5 Å². The van der Waals surface area contributed by atoms with Crippen molar-refractivity contribution in [2.45, 2.75) is 6.10 Å². The molecule has 5 nitrogen and oxygen atoms in total. The van der Waals surface area contributed by atoms with E-state index in [-0.39, 0.29) is 6.10 Å². The number of ether oxygens (including phenoxy) is 2. The molecule has 1 N–H and O–H groups in total. The lowest BCUT2D eigenvalue weighted by Crippen LogP contribution is -2.27. The van der Waals surface area contributed by atoms with E-state index in [0.717, 1.165) is 10.8 Å². The van der Waals surface area contributed by atoms with E-state index >= 15 is 0 Å². The van der Waals surface area contributed by atoms with Gasteiger partial charge >= 0.3 is 0 Å². The lowest BCUT2D eigenvalue weighted by atomic mass is 10.2. The first-order valence-corrected chi connectivity index (χ1v) is 6.30. The van der Waals surface area contributed by atoms with Crippen LogP contribution in [0.1, 0.15) is 0 Å². The Hall–Kier alpha value is -1.43. The first-order chi connectivity index (χ1) is 9.26. The predicted molar refractivity (Wildman–Crippen MR) is 75.7 cm³/mol. The maximum absolute atomic E-state index is 6.02. The van der Waals surface area contributed by atoms with E-state index in [4.69, 9.17) is 21.1 Å². The number of anilines is 1. The van der Waals surface area contributed by atoms with Crippen LogP contribution >= 0.6 is 11.6 Å². The number of rotatable bonds is 6. The molecule has 0 aliphatic rings. The molecule has 0 aliphatic heterocycles. The van der Waals surface area contributed by atoms with Gasteiger partial charge in [-0.2, -0.15) is 0 Å². The third-order valence-electron chi connectivity index (χ3n) is 2.83. The molecule has 1 unspecified atom stereocenters. The van der Waals surface area contributed by atoms with Crippen LogP contribution in [0, 0.1) is 0 Å². The number of nitrogens with one attached hydrogen (secondary N) is 1. The van der Waals surface area contributed by atoms with Gasteiger partial charge in [0.1, 0.15) is 0 Å². The van der Waals surface area contributed by atoms with Crippen molar-refractivity contribution in [2.75, 3.05) is 32.7 Å². The van der Waals surface area contributed by atoms with Gasteiger partial charge in [-0.25, -0.2) is 0 Å². The number of hydrogen-bond donors (Lipinski definition) is 1. The third kappa shape index (κ3) is 3.32. The van der Waals surface area contributed by atoms with Gasteiger partial charge in [-0.05, 0) is 0 Å².